The average Bonchev–Trinajstić information content (AvgIpc) is 3.21. The van der Waals surface area contributed by atoms with Crippen LogP contribution in [0.5, 0.6) is 0 Å². The van der Waals surface area contributed by atoms with Crippen LogP contribution in [0.15, 0.2) is 29.2 Å². The van der Waals surface area contributed by atoms with Crippen LogP contribution in [0.1, 0.15) is 19.5 Å². The molecule has 8 heteroatoms. The van der Waals surface area contributed by atoms with Crippen molar-refractivity contribution < 1.29 is 0 Å². The first-order valence-corrected chi connectivity index (χ1v) is 11.7. The van der Waals surface area contributed by atoms with Crippen molar-refractivity contribution in [2.45, 2.75) is 31.2 Å². The van der Waals surface area contributed by atoms with Crippen LogP contribution in [0.4, 0.5) is 17.5 Å². The van der Waals surface area contributed by atoms with E-state index in [4.69, 9.17) is 27.3 Å². The van der Waals surface area contributed by atoms with Crippen LogP contribution in [0.3, 0.4) is 0 Å². The van der Waals surface area contributed by atoms with Gasteiger partial charge >= 0.3 is 0 Å². The number of aromatic nitrogens is 2. The second-order valence-corrected chi connectivity index (χ2v) is 9.47. The van der Waals surface area contributed by atoms with Crippen molar-refractivity contribution in [2.75, 3.05) is 53.6 Å². The minimum absolute atomic E-state index is 0.213. The van der Waals surface area contributed by atoms with E-state index in [-0.39, 0.29) is 6.04 Å². The zero-order valence-electron chi connectivity index (χ0n) is 17.1. The van der Waals surface area contributed by atoms with E-state index in [2.05, 4.69) is 41.1 Å². The molecule has 1 atom stereocenters. The molecule has 0 aliphatic carbocycles. The topological polar surface area (TPSA) is 70.3 Å². The summed E-state index contributed by atoms with van der Waals surface area (Å²) in [6.07, 6.45) is 1.00. The molecule has 0 bridgehead atoms. The first-order valence-electron chi connectivity index (χ1n) is 10.3. The number of halogens is 1. The first-order chi connectivity index (χ1) is 14.0. The Bertz CT molecular complexity index is 836. The third kappa shape index (κ3) is 4.57. The maximum Gasteiger partial charge on any atom is 0.227 e. The van der Waals surface area contributed by atoms with Crippen molar-refractivity contribution in [1.82, 2.24) is 9.97 Å². The zero-order valence-corrected chi connectivity index (χ0v) is 18.6. The fourth-order valence-corrected chi connectivity index (χ4v) is 4.97. The smallest absolute Gasteiger partial charge is 0.227 e. The van der Waals surface area contributed by atoms with Crippen LogP contribution in [0.2, 0.25) is 5.02 Å². The number of nitrogens with zero attached hydrogens (tertiary/aromatic N) is 4. The lowest BCUT2D eigenvalue weighted by atomic mass is 10.0. The molecule has 2 aliphatic heterocycles. The van der Waals surface area contributed by atoms with Crippen LogP contribution in [0, 0.1) is 5.92 Å². The van der Waals surface area contributed by atoms with Gasteiger partial charge in [0.2, 0.25) is 5.95 Å². The van der Waals surface area contributed by atoms with Gasteiger partial charge in [0.1, 0.15) is 5.82 Å². The highest BCUT2D eigenvalue weighted by atomic mass is 35.5. The largest absolute Gasteiger partial charge is 0.368 e. The third-order valence-electron chi connectivity index (χ3n) is 5.64. The molecule has 0 radical (unpaired) electrons. The van der Waals surface area contributed by atoms with E-state index in [1.54, 1.807) is 0 Å². The normalized spacial score (nSPS) is 17.6. The zero-order chi connectivity index (χ0) is 20.4. The number of hydrogen-bond acceptors (Lipinski definition) is 7. The summed E-state index contributed by atoms with van der Waals surface area (Å²) in [5.74, 6) is 3.31. The summed E-state index contributed by atoms with van der Waals surface area (Å²) in [7, 11) is 0. The number of nitrogens with one attached hydrogen (secondary N) is 1. The fraction of sp³-hybridized carbons (Fsp3) is 0.524. The molecule has 2 aliphatic rings. The Hall–Kier alpha value is -1.70. The van der Waals surface area contributed by atoms with Crippen LogP contribution in [-0.2, 0) is 6.42 Å². The molecular formula is C21H29ClN6S. The fourth-order valence-electron chi connectivity index (χ4n) is 3.78. The van der Waals surface area contributed by atoms with Crippen LogP contribution in [0.25, 0.3) is 0 Å². The number of anilines is 3. The summed E-state index contributed by atoms with van der Waals surface area (Å²) in [5.41, 5.74) is 8.37. The highest BCUT2D eigenvalue weighted by Gasteiger charge is 2.26. The number of nitrogens with two attached hydrogens (primary N) is 1. The predicted octanol–water partition coefficient (Wildman–Crippen LogP) is 3.50. The lowest BCUT2D eigenvalue weighted by molar-refractivity contribution is 0.528. The standard InChI is InChI=1S/C21H29ClN6S/c1-14(2)18(13-23)24-20-19-17(7-12-29-19)25-21(26-20)28-10-8-27(9-11-28)16-5-3-15(22)4-6-16/h3-6,14,18H,7-13,23H2,1-2H3,(H,24,25,26)/t18-/m0/s1. The van der Waals surface area contributed by atoms with E-state index in [9.17, 15) is 0 Å². The van der Waals surface area contributed by atoms with Gasteiger partial charge in [0.15, 0.2) is 0 Å². The molecular weight excluding hydrogens is 404 g/mol. The number of hydrogen-bond donors (Lipinski definition) is 2. The second-order valence-electron chi connectivity index (χ2n) is 7.93. The molecule has 1 aromatic heterocycles. The Morgan fingerprint density at radius 1 is 1.10 bits per heavy atom. The Kier molecular flexibility index (Phi) is 6.37. The van der Waals surface area contributed by atoms with Gasteiger partial charge in [-0.1, -0.05) is 25.4 Å². The quantitative estimate of drug-likeness (QED) is 0.723. The van der Waals surface area contributed by atoms with Gasteiger partial charge in [-0.15, -0.1) is 11.8 Å². The molecule has 1 saturated heterocycles. The summed E-state index contributed by atoms with van der Waals surface area (Å²) in [6.45, 7) is 8.66. The molecule has 2 aromatic rings. The molecule has 1 fully saturated rings. The minimum atomic E-state index is 0.213. The number of piperazine rings is 1. The molecule has 0 unspecified atom stereocenters. The predicted molar refractivity (Wildman–Crippen MR) is 124 cm³/mol. The molecule has 3 N–H and O–H groups in total. The maximum absolute atomic E-state index is 6.02. The van der Waals surface area contributed by atoms with E-state index in [0.29, 0.717) is 12.5 Å². The van der Waals surface area contributed by atoms with E-state index >= 15 is 0 Å². The van der Waals surface area contributed by atoms with Crippen molar-refractivity contribution in [1.29, 1.82) is 0 Å². The molecule has 3 heterocycles. The maximum atomic E-state index is 6.02. The number of benzene rings is 1. The third-order valence-corrected chi connectivity index (χ3v) is 7.02. The lowest BCUT2D eigenvalue weighted by Gasteiger charge is -2.36. The number of aryl methyl sites for hydroxylation is 1. The SMILES string of the molecule is CC(C)[C@H](CN)Nc1nc(N2CCN(c3ccc(Cl)cc3)CC2)nc2c1SCC2. The van der Waals surface area contributed by atoms with Crippen LogP contribution in [-0.4, -0.2) is 54.5 Å². The van der Waals surface area contributed by atoms with Gasteiger partial charge in [0.05, 0.1) is 10.6 Å². The second kappa shape index (κ2) is 8.98. The molecule has 4 rings (SSSR count). The highest BCUT2D eigenvalue weighted by Crippen LogP contribution is 2.37. The van der Waals surface area contributed by atoms with Gasteiger partial charge in [-0.2, -0.15) is 4.98 Å². The Balaban J connectivity index is 1.50. The molecule has 0 saturated carbocycles. The van der Waals surface area contributed by atoms with Gasteiger partial charge in [0.25, 0.3) is 0 Å². The summed E-state index contributed by atoms with van der Waals surface area (Å²) in [5, 5.41) is 4.37. The van der Waals surface area contributed by atoms with Crippen molar-refractivity contribution in [3.05, 3.63) is 35.0 Å². The van der Waals surface area contributed by atoms with Gasteiger partial charge in [-0.3, -0.25) is 0 Å². The average molecular weight is 433 g/mol. The monoisotopic (exact) mass is 432 g/mol. The minimum Gasteiger partial charge on any atom is -0.368 e. The Morgan fingerprint density at radius 3 is 2.45 bits per heavy atom. The summed E-state index contributed by atoms with van der Waals surface area (Å²) < 4.78 is 0. The number of thioether (sulfide) groups is 1. The Morgan fingerprint density at radius 2 is 1.79 bits per heavy atom. The van der Waals surface area contributed by atoms with E-state index in [1.165, 1.54) is 16.3 Å². The summed E-state index contributed by atoms with van der Waals surface area (Å²) in [4.78, 5) is 15.7. The van der Waals surface area contributed by atoms with Gasteiger partial charge in [0, 0.05) is 61.6 Å². The van der Waals surface area contributed by atoms with E-state index in [1.807, 2.05) is 23.9 Å². The van der Waals surface area contributed by atoms with Crippen molar-refractivity contribution in [2.24, 2.45) is 11.7 Å². The van der Waals surface area contributed by atoms with Crippen molar-refractivity contribution in [3.8, 4) is 0 Å². The van der Waals surface area contributed by atoms with Crippen LogP contribution < -0.4 is 20.9 Å². The molecule has 0 amide bonds. The van der Waals surface area contributed by atoms with Crippen molar-refractivity contribution in [3.63, 3.8) is 0 Å². The lowest BCUT2D eigenvalue weighted by Crippen LogP contribution is -2.47. The molecule has 6 nitrogen and oxygen atoms in total. The van der Waals surface area contributed by atoms with Gasteiger partial charge in [-0.05, 0) is 30.2 Å². The number of fused-ring (bicyclic) bond motifs is 1. The summed E-state index contributed by atoms with van der Waals surface area (Å²) in [6, 6.07) is 8.28. The van der Waals surface area contributed by atoms with Crippen LogP contribution >= 0.6 is 23.4 Å². The van der Waals surface area contributed by atoms with Gasteiger partial charge < -0.3 is 20.9 Å². The molecule has 0 spiro atoms. The Labute approximate surface area is 182 Å². The van der Waals surface area contributed by atoms with E-state index in [0.717, 1.165) is 55.1 Å². The van der Waals surface area contributed by atoms with Gasteiger partial charge in [-0.25, -0.2) is 4.98 Å². The van der Waals surface area contributed by atoms with Crippen molar-refractivity contribution >= 4 is 40.8 Å². The molecule has 29 heavy (non-hydrogen) atoms. The summed E-state index contributed by atoms with van der Waals surface area (Å²) >= 11 is 7.87. The van der Waals surface area contributed by atoms with E-state index < -0.39 is 0 Å². The first kappa shape index (κ1) is 20.6. The highest BCUT2D eigenvalue weighted by molar-refractivity contribution is 7.99. The number of rotatable bonds is 6. The molecule has 156 valence electrons. The molecule has 1 aromatic carbocycles.